The number of hydrogen-bond acceptors (Lipinski definition) is 3. The van der Waals surface area contributed by atoms with E-state index in [2.05, 4.69) is 5.32 Å². The highest BCUT2D eigenvalue weighted by molar-refractivity contribution is 6.31. The van der Waals surface area contributed by atoms with Crippen LogP contribution in [0.5, 0.6) is 0 Å². The number of ether oxygens (including phenoxy) is 1. The molecule has 2 aromatic rings. The van der Waals surface area contributed by atoms with Crippen LogP contribution in [-0.4, -0.2) is 41.3 Å². The van der Waals surface area contributed by atoms with Gasteiger partial charge in [0, 0.05) is 48.2 Å². The lowest BCUT2D eigenvalue weighted by atomic mass is 9.87. The lowest BCUT2D eigenvalue weighted by molar-refractivity contribution is -0.148. The van der Waals surface area contributed by atoms with Gasteiger partial charge in [0.25, 0.3) is 0 Å². The molecule has 6 nitrogen and oxygen atoms in total. The Balaban J connectivity index is 1.56. The topological polar surface area (TPSA) is 80.6 Å². The Morgan fingerprint density at radius 1 is 1.38 bits per heavy atom. The summed E-state index contributed by atoms with van der Waals surface area (Å²) in [5, 5.41) is 13.8. The van der Waals surface area contributed by atoms with Gasteiger partial charge in [-0.2, -0.15) is 0 Å². The lowest BCUT2D eigenvalue weighted by Gasteiger charge is -2.22. The molecule has 24 heavy (non-hydrogen) atoms. The Kier molecular flexibility index (Phi) is 4.78. The van der Waals surface area contributed by atoms with Crippen molar-refractivity contribution in [1.29, 1.82) is 0 Å². The molecule has 3 rings (SSSR count). The van der Waals surface area contributed by atoms with Crippen LogP contribution < -0.4 is 5.32 Å². The molecular formula is C17H19ClN2O4. The number of hydrogen-bond donors (Lipinski definition) is 2. The van der Waals surface area contributed by atoms with Crippen LogP contribution in [0.15, 0.2) is 30.5 Å². The van der Waals surface area contributed by atoms with Crippen molar-refractivity contribution in [1.82, 2.24) is 9.88 Å². The van der Waals surface area contributed by atoms with Crippen LogP contribution >= 0.6 is 11.6 Å². The lowest BCUT2D eigenvalue weighted by Crippen LogP contribution is -2.43. The van der Waals surface area contributed by atoms with E-state index in [1.54, 1.807) is 0 Å². The quantitative estimate of drug-likeness (QED) is 0.837. The fourth-order valence-corrected chi connectivity index (χ4v) is 3.12. The molecule has 0 bridgehead atoms. The Bertz CT molecular complexity index is 765. The monoisotopic (exact) mass is 350 g/mol. The Hall–Kier alpha value is -2.05. The first-order chi connectivity index (χ1) is 11.5. The summed E-state index contributed by atoms with van der Waals surface area (Å²) in [6, 6.07) is 7.57. The predicted molar refractivity (Wildman–Crippen MR) is 90.1 cm³/mol. The number of benzene rings is 1. The van der Waals surface area contributed by atoms with E-state index in [9.17, 15) is 14.7 Å². The van der Waals surface area contributed by atoms with Crippen LogP contribution in [0.3, 0.4) is 0 Å². The fourth-order valence-electron chi connectivity index (χ4n) is 2.94. The molecule has 128 valence electrons. The number of nitrogens with one attached hydrogen (secondary N) is 1. The fraction of sp³-hybridized carbons (Fsp3) is 0.412. The maximum atomic E-state index is 12.1. The Labute approximate surface area is 144 Å². The molecule has 7 heteroatoms. The van der Waals surface area contributed by atoms with Crippen LogP contribution in [0.25, 0.3) is 10.9 Å². The second-order valence-electron chi connectivity index (χ2n) is 6.13. The number of rotatable bonds is 6. The molecule has 0 aliphatic carbocycles. The zero-order valence-electron chi connectivity index (χ0n) is 13.1. The van der Waals surface area contributed by atoms with Gasteiger partial charge in [0.15, 0.2) is 0 Å². The van der Waals surface area contributed by atoms with E-state index in [0.717, 1.165) is 10.9 Å². The molecule has 1 atom stereocenters. The number of carboxylic acids is 1. The van der Waals surface area contributed by atoms with Gasteiger partial charge < -0.3 is 19.7 Å². The zero-order valence-corrected chi connectivity index (χ0v) is 13.9. The first-order valence-electron chi connectivity index (χ1n) is 7.82. The van der Waals surface area contributed by atoms with Gasteiger partial charge in [-0.3, -0.25) is 9.59 Å². The standard InChI is InChI=1S/C17H19ClN2O4/c18-13-1-2-14-12(9-13)3-6-20(14)7-4-15(21)19-10-17(16(22)23)5-8-24-11-17/h1-3,6,9H,4-5,7-8,10-11H2,(H,19,21)(H,22,23). The van der Waals surface area contributed by atoms with Crippen molar-refractivity contribution in [3.8, 4) is 0 Å². The van der Waals surface area contributed by atoms with Crippen molar-refractivity contribution in [2.75, 3.05) is 19.8 Å². The maximum absolute atomic E-state index is 12.1. The van der Waals surface area contributed by atoms with Gasteiger partial charge in [0.2, 0.25) is 5.91 Å². The second kappa shape index (κ2) is 6.83. The summed E-state index contributed by atoms with van der Waals surface area (Å²) >= 11 is 5.97. The summed E-state index contributed by atoms with van der Waals surface area (Å²) in [4.78, 5) is 23.5. The number of carbonyl (C=O) groups excluding carboxylic acids is 1. The molecule has 0 radical (unpaired) electrons. The van der Waals surface area contributed by atoms with Crippen LogP contribution in [0, 0.1) is 5.41 Å². The number of halogens is 1. The number of aromatic nitrogens is 1. The normalized spacial score (nSPS) is 20.4. The summed E-state index contributed by atoms with van der Waals surface area (Å²) in [7, 11) is 0. The summed E-state index contributed by atoms with van der Waals surface area (Å²) in [5.41, 5.74) is 0.0189. The summed E-state index contributed by atoms with van der Waals surface area (Å²) < 4.78 is 7.17. The van der Waals surface area contributed by atoms with E-state index < -0.39 is 11.4 Å². The van der Waals surface area contributed by atoms with Gasteiger partial charge >= 0.3 is 5.97 Å². The molecule has 0 saturated carbocycles. The van der Waals surface area contributed by atoms with E-state index in [4.69, 9.17) is 16.3 Å². The summed E-state index contributed by atoms with van der Waals surface area (Å²) in [5.74, 6) is -1.09. The number of aliphatic carboxylic acids is 1. The van der Waals surface area contributed by atoms with Crippen LogP contribution in [-0.2, 0) is 20.9 Å². The van der Waals surface area contributed by atoms with Crippen molar-refractivity contribution >= 4 is 34.4 Å². The number of aryl methyl sites for hydroxylation is 1. The van der Waals surface area contributed by atoms with Gasteiger partial charge in [-0.25, -0.2) is 0 Å². The van der Waals surface area contributed by atoms with Gasteiger partial charge in [-0.05, 0) is 30.7 Å². The molecule has 1 aromatic heterocycles. The average molecular weight is 351 g/mol. The van der Waals surface area contributed by atoms with Gasteiger partial charge in [0.1, 0.15) is 5.41 Å². The molecule has 0 spiro atoms. The number of fused-ring (bicyclic) bond motifs is 1. The molecule has 1 saturated heterocycles. The molecule has 1 amide bonds. The maximum Gasteiger partial charge on any atom is 0.313 e. The van der Waals surface area contributed by atoms with Crippen LogP contribution in [0.2, 0.25) is 5.02 Å². The number of amides is 1. The van der Waals surface area contributed by atoms with Gasteiger partial charge in [-0.1, -0.05) is 11.6 Å². The second-order valence-corrected chi connectivity index (χ2v) is 6.56. The molecule has 2 N–H and O–H groups in total. The Morgan fingerprint density at radius 2 is 2.21 bits per heavy atom. The molecular weight excluding hydrogens is 332 g/mol. The molecule has 1 aromatic carbocycles. The smallest absolute Gasteiger partial charge is 0.313 e. The number of carboxylic acid groups (broad SMARTS) is 1. The van der Waals surface area contributed by atoms with Crippen LogP contribution in [0.1, 0.15) is 12.8 Å². The van der Waals surface area contributed by atoms with Crippen LogP contribution in [0.4, 0.5) is 0 Å². The van der Waals surface area contributed by atoms with Crippen molar-refractivity contribution < 1.29 is 19.4 Å². The largest absolute Gasteiger partial charge is 0.481 e. The predicted octanol–water partition coefficient (Wildman–Crippen LogP) is 2.29. The van der Waals surface area contributed by atoms with Crippen molar-refractivity contribution in [3.05, 3.63) is 35.5 Å². The SMILES string of the molecule is O=C(CCn1ccc2cc(Cl)ccc21)NCC1(C(=O)O)CCOC1. The van der Waals surface area contributed by atoms with E-state index in [0.29, 0.717) is 24.6 Å². The van der Waals surface area contributed by atoms with Gasteiger partial charge in [-0.15, -0.1) is 0 Å². The summed E-state index contributed by atoms with van der Waals surface area (Å²) in [6.45, 7) is 1.18. The highest BCUT2D eigenvalue weighted by Crippen LogP contribution is 2.28. The molecule has 1 unspecified atom stereocenters. The average Bonchev–Trinajstić information content (AvgIpc) is 3.18. The third-order valence-electron chi connectivity index (χ3n) is 4.49. The van der Waals surface area contributed by atoms with Crippen molar-refractivity contribution in [3.63, 3.8) is 0 Å². The first-order valence-corrected chi connectivity index (χ1v) is 8.20. The highest BCUT2D eigenvalue weighted by atomic mass is 35.5. The Morgan fingerprint density at radius 3 is 2.92 bits per heavy atom. The highest BCUT2D eigenvalue weighted by Gasteiger charge is 2.42. The minimum Gasteiger partial charge on any atom is -0.481 e. The zero-order chi connectivity index (χ0) is 17.2. The minimum absolute atomic E-state index is 0.100. The summed E-state index contributed by atoms with van der Waals surface area (Å²) in [6.07, 6.45) is 2.62. The number of nitrogens with zero attached hydrogens (tertiary/aromatic N) is 1. The van der Waals surface area contributed by atoms with E-state index in [1.165, 1.54) is 0 Å². The van der Waals surface area contributed by atoms with E-state index in [-0.39, 0.29) is 25.5 Å². The molecule has 2 heterocycles. The molecule has 1 fully saturated rings. The first kappa shape index (κ1) is 16.8. The molecule has 1 aliphatic rings. The number of carbonyl (C=O) groups is 2. The van der Waals surface area contributed by atoms with E-state index >= 15 is 0 Å². The third kappa shape index (κ3) is 3.39. The minimum atomic E-state index is -0.993. The van der Waals surface area contributed by atoms with E-state index in [1.807, 2.05) is 35.0 Å². The third-order valence-corrected chi connectivity index (χ3v) is 4.73. The van der Waals surface area contributed by atoms with Crippen molar-refractivity contribution in [2.45, 2.75) is 19.4 Å². The van der Waals surface area contributed by atoms with Gasteiger partial charge in [0.05, 0.1) is 6.61 Å². The van der Waals surface area contributed by atoms with Crippen molar-refractivity contribution in [2.24, 2.45) is 5.41 Å². The molecule has 1 aliphatic heterocycles.